The van der Waals surface area contributed by atoms with Gasteiger partial charge in [-0.2, -0.15) is 4.31 Å². The van der Waals surface area contributed by atoms with Crippen molar-refractivity contribution in [2.45, 2.75) is 11.0 Å². The van der Waals surface area contributed by atoms with Gasteiger partial charge in [0.05, 0.1) is 25.1 Å². The number of anilines is 1. The second-order valence-corrected chi connectivity index (χ2v) is 8.02. The summed E-state index contributed by atoms with van der Waals surface area (Å²) in [4.78, 5) is 0.995. The Morgan fingerprint density at radius 3 is 2.76 bits per heavy atom. The van der Waals surface area contributed by atoms with E-state index in [2.05, 4.69) is 0 Å². The molecule has 1 heterocycles. The minimum atomic E-state index is -3.31. The Morgan fingerprint density at radius 2 is 2.10 bits per heavy atom. The van der Waals surface area contributed by atoms with E-state index in [4.69, 9.17) is 15.6 Å². The summed E-state index contributed by atoms with van der Waals surface area (Å²) < 4.78 is 31.2. The van der Waals surface area contributed by atoms with Gasteiger partial charge in [0.2, 0.25) is 10.0 Å². The SMILES string of the molecule is Nc1ccc(SCCS(=O)(=O)N2CCOC(CO)C2)cc1. The van der Waals surface area contributed by atoms with Crippen LogP contribution in [0.4, 0.5) is 5.69 Å². The summed E-state index contributed by atoms with van der Waals surface area (Å²) in [7, 11) is -3.31. The van der Waals surface area contributed by atoms with Gasteiger partial charge in [-0.1, -0.05) is 0 Å². The first-order valence-corrected chi connectivity index (χ1v) is 9.29. The molecule has 0 aromatic heterocycles. The molecule has 0 aliphatic carbocycles. The summed E-state index contributed by atoms with van der Waals surface area (Å²) in [5.41, 5.74) is 6.29. The molecular weight excluding hydrogens is 312 g/mol. The molecule has 1 aliphatic heterocycles. The minimum absolute atomic E-state index is 0.0696. The number of benzene rings is 1. The van der Waals surface area contributed by atoms with Crippen molar-refractivity contribution < 1.29 is 18.3 Å². The van der Waals surface area contributed by atoms with Crippen LogP contribution >= 0.6 is 11.8 Å². The Balaban J connectivity index is 1.84. The molecule has 21 heavy (non-hydrogen) atoms. The van der Waals surface area contributed by atoms with Crippen LogP contribution in [0.3, 0.4) is 0 Å². The quantitative estimate of drug-likeness (QED) is 0.578. The van der Waals surface area contributed by atoms with Crippen LogP contribution in [-0.4, -0.2) is 61.7 Å². The molecule has 0 saturated carbocycles. The molecule has 1 fully saturated rings. The van der Waals surface area contributed by atoms with Crippen LogP contribution in [0.15, 0.2) is 29.2 Å². The van der Waals surface area contributed by atoms with Gasteiger partial charge in [0.1, 0.15) is 0 Å². The van der Waals surface area contributed by atoms with E-state index in [1.54, 1.807) is 12.1 Å². The number of aliphatic hydroxyl groups excluding tert-OH is 1. The summed E-state index contributed by atoms with van der Waals surface area (Å²) >= 11 is 1.48. The fraction of sp³-hybridized carbons (Fsp3) is 0.538. The van der Waals surface area contributed by atoms with Crippen LogP contribution in [0.5, 0.6) is 0 Å². The van der Waals surface area contributed by atoms with E-state index in [9.17, 15) is 8.42 Å². The normalized spacial score (nSPS) is 20.5. The molecule has 0 bridgehead atoms. The Hall–Kier alpha value is -0.800. The fourth-order valence-corrected chi connectivity index (χ4v) is 4.76. The average molecular weight is 332 g/mol. The van der Waals surface area contributed by atoms with E-state index in [0.717, 1.165) is 4.90 Å². The maximum atomic E-state index is 12.2. The predicted octanol–water partition coefficient (Wildman–Crippen LogP) is 0.384. The molecule has 2 rings (SSSR count). The number of hydrogen-bond acceptors (Lipinski definition) is 6. The Kier molecular flexibility index (Phi) is 5.88. The monoisotopic (exact) mass is 332 g/mol. The van der Waals surface area contributed by atoms with Crippen molar-refractivity contribution in [3.63, 3.8) is 0 Å². The first-order valence-electron chi connectivity index (χ1n) is 6.70. The molecule has 6 nitrogen and oxygen atoms in total. The number of nitrogens with zero attached hydrogens (tertiary/aromatic N) is 1. The van der Waals surface area contributed by atoms with E-state index in [0.29, 0.717) is 24.6 Å². The number of ether oxygens (including phenoxy) is 1. The van der Waals surface area contributed by atoms with Crippen molar-refractivity contribution in [2.75, 3.05) is 43.5 Å². The lowest BCUT2D eigenvalue weighted by Gasteiger charge is -2.31. The smallest absolute Gasteiger partial charge is 0.215 e. The highest BCUT2D eigenvalue weighted by Gasteiger charge is 2.28. The van der Waals surface area contributed by atoms with E-state index in [-0.39, 0.29) is 18.9 Å². The third-order valence-corrected chi connectivity index (χ3v) is 6.30. The summed E-state index contributed by atoms with van der Waals surface area (Å²) in [6.45, 7) is 0.749. The van der Waals surface area contributed by atoms with Crippen molar-refractivity contribution in [1.29, 1.82) is 0 Å². The number of nitrogen functional groups attached to an aromatic ring is 1. The van der Waals surface area contributed by atoms with Gasteiger partial charge in [-0.3, -0.25) is 0 Å². The van der Waals surface area contributed by atoms with Crippen molar-refractivity contribution >= 4 is 27.5 Å². The number of morpholine rings is 1. The Morgan fingerprint density at radius 1 is 1.38 bits per heavy atom. The molecule has 118 valence electrons. The summed E-state index contributed by atoms with van der Waals surface area (Å²) in [5.74, 6) is 0.549. The van der Waals surface area contributed by atoms with E-state index in [1.165, 1.54) is 16.1 Å². The molecule has 1 unspecified atom stereocenters. The van der Waals surface area contributed by atoms with E-state index >= 15 is 0 Å². The molecule has 8 heteroatoms. The molecule has 1 saturated heterocycles. The van der Waals surface area contributed by atoms with Gasteiger partial charge in [0, 0.05) is 29.4 Å². The third-order valence-electron chi connectivity index (χ3n) is 3.19. The van der Waals surface area contributed by atoms with Gasteiger partial charge in [0.25, 0.3) is 0 Å². The van der Waals surface area contributed by atoms with Crippen LogP contribution in [0.25, 0.3) is 0 Å². The molecule has 1 aromatic rings. The zero-order chi connectivity index (χ0) is 15.3. The molecule has 0 radical (unpaired) electrons. The molecule has 3 N–H and O–H groups in total. The number of rotatable bonds is 6. The van der Waals surface area contributed by atoms with Crippen LogP contribution in [0.2, 0.25) is 0 Å². The third kappa shape index (κ3) is 4.86. The molecular formula is C13H20N2O4S2. The summed E-state index contributed by atoms with van der Waals surface area (Å²) in [6.07, 6.45) is -0.418. The summed E-state index contributed by atoms with van der Waals surface area (Å²) in [6, 6.07) is 7.35. The van der Waals surface area contributed by atoms with Crippen molar-refractivity contribution in [3.05, 3.63) is 24.3 Å². The lowest BCUT2D eigenvalue weighted by atomic mass is 10.3. The van der Waals surface area contributed by atoms with Crippen LogP contribution in [0.1, 0.15) is 0 Å². The minimum Gasteiger partial charge on any atom is -0.399 e. The van der Waals surface area contributed by atoms with Crippen LogP contribution < -0.4 is 5.73 Å². The predicted molar refractivity (Wildman–Crippen MR) is 83.8 cm³/mol. The second-order valence-electron chi connectivity index (χ2n) is 4.77. The molecule has 0 spiro atoms. The number of thioether (sulfide) groups is 1. The van der Waals surface area contributed by atoms with Crippen molar-refractivity contribution in [2.24, 2.45) is 0 Å². The number of sulfonamides is 1. The highest BCUT2D eigenvalue weighted by molar-refractivity contribution is 8.00. The largest absolute Gasteiger partial charge is 0.399 e. The van der Waals surface area contributed by atoms with Crippen LogP contribution in [-0.2, 0) is 14.8 Å². The van der Waals surface area contributed by atoms with E-state index in [1.807, 2.05) is 12.1 Å². The lowest BCUT2D eigenvalue weighted by molar-refractivity contribution is -0.0304. The molecule has 1 aliphatic rings. The lowest BCUT2D eigenvalue weighted by Crippen LogP contribution is -2.47. The topological polar surface area (TPSA) is 92.9 Å². The highest BCUT2D eigenvalue weighted by atomic mass is 32.2. The molecule has 1 aromatic carbocycles. The van der Waals surface area contributed by atoms with Crippen molar-refractivity contribution in [3.8, 4) is 0 Å². The molecule has 1 atom stereocenters. The first-order chi connectivity index (χ1) is 10.0. The second kappa shape index (κ2) is 7.46. The molecule has 0 amide bonds. The Labute approximate surface area is 129 Å². The summed E-state index contributed by atoms with van der Waals surface area (Å²) in [5, 5.41) is 9.06. The highest BCUT2D eigenvalue weighted by Crippen LogP contribution is 2.20. The zero-order valence-corrected chi connectivity index (χ0v) is 13.3. The van der Waals surface area contributed by atoms with Gasteiger partial charge in [-0.05, 0) is 24.3 Å². The van der Waals surface area contributed by atoms with Crippen LogP contribution in [0, 0.1) is 0 Å². The number of nitrogens with two attached hydrogens (primary N) is 1. The maximum absolute atomic E-state index is 12.2. The number of hydrogen-bond donors (Lipinski definition) is 2. The van der Waals surface area contributed by atoms with Gasteiger partial charge in [-0.15, -0.1) is 11.8 Å². The standard InChI is InChI=1S/C13H20N2O4S2/c14-11-1-3-13(4-2-11)20-7-8-21(17,18)15-5-6-19-12(9-15)10-16/h1-4,12,16H,5-10,14H2. The van der Waals surface area contributed by atoms with Gasteiger partial charge in [0.15, 0.2) is 0 Å². The maximum Gasteiger partial charge on any atom is 0.215 e. The zero-order valence-electron chi connectivity index (χ0n) is 11.6. The van der Waals surface area contributed by atoms with E-state index < -0.39 is 16.1 Å². The van der Waals surface area contributed by atoms with Gasteiger partial charge >= 0.3 is 0 Å². The van der Waals surface area contributed by atoms with Crippen molar-refractivity contribution in [1.82, 2.24) is 4.31 Å². The fourth-order valence-electron chi connectivity index (χ4n) is 2.01. The first kappa shape index (κ1) is 16.6. The number of aliphatic hydroxyl groups is 1. The average Bonchev–Trinajstić information content (AvgIpc) is 2.49. The van der Waals surface area contributed by atoms with Gasteiger partial charge in [-0.25, -0.2) is 8.42 Å². The Bertz CT molecular complexity index is 548. The van der Waals surface area contributed by atoms with Gasteiger partial charge < -0.3 is 15.6 Å².